The summed E-state index contributed by atoms with van der Waals surface area (Å²) in [6.07, 6.45) is 2.13. The summed E-state index contributed by atoms with van der Waals surface area (Å²) in [7, 11) is 0. The maximum absolute atomic E-state index is 12.3. The molecule has 0 spiro atoms. The lowest BCUT2D eigenvalue weighted by Crippen LogP contribution is -2.45. The van der Waals surface area contributed by atoms with Crippen LogP contribution in [0.15, 0.2) is 10.6 Å². The van der Waals surface area contributed by atoms with Crippen LogP contribution < -0.4 is 0 Å². The second-order valence-corrected chi connectivity index (χ2v) is 5.49. The van der Waals surface area contributed by atoms with Crippen LogP contribution in [0, 0.1) is 6.92 Å². The number of nitrogens with zero attached hydrogens (tertiary/aromatic N) is 3. The largest absolute Gasteiger partial charge is 0.378 e. The van der Waals surface area contributed by atoms with Crippen LogP contribution in [-0.2, 0) is 9.53 Å². The van der Waals surface area contributed by atoms with Crippen molar-refractivity contribution in [3.05, 3.63) is 17.5 Å². The number of morpholine rings is 1. The van der Waals surface area contributed by atoms with Gasteiger partial charge in [-0.2, -0.15) is 0 Å². The highest BCUT2D eigenvalue weighted by Gasteiger charge is 2.31. The lowest BCUT2D eigenvalue weighted by atomic mass is 10.1. The Morgan fingerprint density at radius 3 is 2.90 bits per heavy atom. The van der Waals surface area contributed by atoms with E-state index in [1.807, 2.05) is 17.9 Å². The number of hydrogen-bond acceptors (Lipinski definition) is 5. The molecule has 20 heavy (non-hydrogen) atoms. The van der Waals surface area contributed by atoms with Crippen LogP contribution in [0.5, 0.6) is 0 Å². The van der Waals surface area contributed by atoms with Crippen molar-refractivity contribution < 1.29 is 14.1 Å². The highest BCUT2D eigenvalue weighted by Crippen LogP contribution is 2.31. The van der Waals surface area contributed by atoms with Gasteiger partial charge in [-0.25, -0.2) is 0 Å². The number of aryl methyl sites for hydroxylation is 1. The maximum atomic E-state index is 12.3. The van der Waals surface area contributed by atoms with Crippen molar-refractivity contribution in [3.8, 4) is 0 Å². The molecular weight excluding hydrogens is 258 g/mol. The van der Waals surface area contributed by atoms with E-state index in [9.17, 15) is 4.79 Å². The number of rotatable bonds is 3. The number of likely N-dealkylation sites (tertiary alicyclic amines) is 1. The van der Waals surface area contributed by atoms with Crippen LogP contribution in [0.2, 0.25) is 0 Å². The van der Waals surface area contributed by atoms with Crippen molar-refractivity contribution in [2.24, 2.45) is 0 Å². The molecule has 2 saturated heterocycles. The molecule has 6 nitrogen and oxygen atoms in total. The fourth-order valence-corrected chi connectivity index (χ4v) is 2.96. The molecule has 0 aliphatic carbocycles. The van der Waals surface area contributed by atoms with Gasteiger partial charge >= 0.3 is 0 Å². The summed E-state index contributed by atoms with van der Waals surface area (Å²) in [5.41, 5.74) is 0.895. The molecule has 1 aromatic rings. The number of carbonyl (C=O) groups is 1. The van der Waals surface area contributed by atoms with Gasteiger partial charge in [0.1, 0.15) is 0 Å². The first-order valence-corrected chi connectivity index (χ1v) is 7.27. The summed E-state index contributed by atoms with van der Waals surface area (Å²) in [6, 6.07) is 2.17. The number of ether oxygens (including phenoxy) is 1. The van der Waals surface area contributed by atoms with Gasteiger partial charge in [0.15, 0.2) is 5.76 Å². The second kappa shape index (κ2) is 5.93. The lowest BCUT2D eigenvalue weighted by molar-refractivity contribution is -0.136. The molecule has 6 heteroatoms. The molecule has 2 aliphatic heterocycles. The lowest BCUT2D eigenvalue weighted by Gasteiger charge is -2.30. The zero-order valence-electron chi connectivity index (χ0n) is 11.9. The third-order valence-corrected chi connectivity index (χ3v) is 4.04. The van der Waals surface area contributed by atoms with Crippen molar-refractivity contribution >= 4 is 5.91 Å². The van der Waals surface area contributed by atoms with E-state index in [4.69, 9.17) is 9.26 Å². The Bertz CT molecular complexity index is 468. The second-order valence-electron chi connectivity index (χ2n) is 5.49. The molecule has 0 saturated carbocycles. The number of hydrogen-bond donors (Lipinski definition) is 0. The Morgan fingerprint density at radius 1 is 1.40 bits per heavy atom. The van der Waals surface area contributed by atoms with E-state index in [1.165, 1.54) is 0 Å². The Morgan fingerprint density at radius 2 is 2.20 bits per heavy atom. The van der Waals surface area contributed by atoms with Crippen LogP contribution in [-0.4, -0.2) is 60.3 Å². The predicted molar refractivity (Wildman–Crippen MR) is 72.2 cm³/mol. The van der Waals surface area contributed by atoms with Gasteiger partial charge in [-0.15, -0.1) is 0 Å². The van der Waals surface area contributed by atoms with Gasteiger partial charge in [-0.3, -0.25) is 9.69 Å². The topological polar surface area (TPSA) is 58.8 Å². The fourth-order valence-electron chi connectivity index (χ4n) is 2.96. The summed E-state index contributed by atoms with van der Waals surface area (Å²) < 4.78 is 10.7. The molecule has 0 bridgehead atoms. The molecule has 2 fully saturated rings. The minimum absolute atomic E-state index is 0.191. The first-order chi connectivity index (χ1) is 9.74. The van der Waals surface area contributed by atoms with Gasteiger partial charge in [0.25, 0.3) is 0 Å². The molecule has 1 atom stereocenters. The van der Waals surface area contributed by atoms with E-state index < -0.39 is 0 Å². The first kappa shape index (κ1) is 13.6. The number of aromatic nitrogens is 1. The predicted octanol–water partition coefficient (Wildman–Crippen LogP) is 0.979. The summed E-state index contributed by atoms with van der Waals surface area (Å²) >= 11 is 0. The molecular formula is C14H21N3O3. The van der Waals surface area contributed by atoms with Gasteiger partial charge in [0.2, 0.25) is 5.91 Å². The standard InChI is InChI=1S/C14H21N3O3/c1-11-9-13(20-15-11)12-3-2-4-17(12)10-14(18)16-5-7-19-8-6-16/h9,12H,2-8,10H2,1H3/t12-/m0/s1. The highest BCUT2D eigenvalue weighted by molar-refractivity contribution is 5.78. The van der Waals surface area contributed by atoms with Crippen LogP contribution in [0.4, 0.5) is 0 Å². The molecule has 3 rings (SSSR count). The molecule has 110 valence electrons. The molecule has 1 aromatic heterocycles. The number of amides is 1. The fraction of sp³-hybridized carbons (Fsp3) is 0.714. The molecule has 2 aliphatic rings. The Kier molecular flexibility index (Phi) is 4.03. The maximum Gasteiger partial charge on any atom is 0.236 e. The average Bonchev–Trinajstić information content (AvgIpc) is 3.08. The van der Waals surface area contributed by atoms with E-state index in [-0.39, 0.29) is 11.9 Å². The summed E-state index contributed by atoms with van der Waals surface area (Å²) in [4.78, 5) is 16.4. The van der Waals surface area contributed by atoms with Gasteiger partial charge in [-0.1, -0.05) is 5.16 Å². The van der Waals surface area contributed by atoms with E-state index >= 15 is 0 Å². The molecule has 0 unspecified atom stereocenters. The highest BCUT2D eigenvalue weighted by atomic mass is 16.5. The van der Waals surface area contributed by atoms with Gasteiger partial charge < -0.3 is 14.2 Å². The van der Waals surface area contributed by atoms with E-state index in [2.05, 4.69) is 10.1 Å². The monoisotopic (exact) mass is 279 g/mol. The molecule has 0 radical (unpaired) electrons. The smallest absolute Gasteiger partial charge is 0.236 e. The minimum Gasteiger partial charge on any atom is -0.378 e. The Labute approximate surface area is 118 Å². The Balaban J connectivity index is 1.62. The Hall–Kier alpha value is -1.40. The third kappa shape index (κ3) is 2.86. The van der Waals surface area contributed by atoms with Crippen LogP contribution in [0.1, 0.15) is 30.3 Å². The molecule has 0 aromatic carbocycles. The molecule has 1 amide bonds. The first-order valence-electron chi connectivity index (χ1n) is 7.27. The summed E-state index contributed by atoms with van der Waals surface area (Å²) in [6.45, 7) is 6.04. The van der Waals surface area contributed by atoms with Crippen LogP contribution in [0.3, 0.4) is 0 Å². The van der Waals surface area contributed by atoms with E-state index in [0.29, 0.717) is 32.8 Å². The van der Waals surface area contributed by atoms with Gasteiger partial charge in [-0.05, 0) is 26.3 Å². The van der Waals surface area contributed by atoms with Crippen molar-refractivity contribution in [1.82, 2.24) is 15.0 Å². The van der Waals surface area contributed by atoms with E-state index in [0.717, 1.165) is 30.8 Å². The van der Waals surface area contributed by atoms with Crippen molar-refractivity contribution in [2.45, 2.75) is 25.8 Å². The van der Waals surface area contributed by atoms with Crippen LogP contribution in [0.25, 0.3) is 0 Å². The third-order valence-electron chi connectivity index (χ3n) is 4.04. The van der Waals surface area contributed by atoms with E-state index in [1.54, 1.807) is 0 Å². The number of carbonyl (C=O) groups excluding carboxylic acids is 1. The average molecular weight is 279 g/mol. The quantitative estimate of drug-likeness (QED) is 0.825. The molecule has 0 N–H and O–H groups in total. The summed E-state index contributed by atoms with van der Waals surface area (Å²) in [5.74, 6) is 1.08. The molecule has 3 heterocycles. The summed E-state index contributed by atoms with van der Waals surface area (Å²) in [5, 5.41) is 3.95. The van der Waals surface area contributed by atoms with Crippen molar-refractivity contribution in [1.29, 1.82) is 0 Å². The zero-order chi connectivity index (χ0) is 13.9. The van der Waals surface area contributed by atoms with Gasteiger partial charge in [0.05, 0.1) is 31.5 Å². The SMILES string of the molecule is Cc1cc([C@@H]2CCCN2CC(=O)N2CCOCC2)on1. The normalized spacial score (nSPS) is 24.2. The zero-order valence-corrected chi connectivity index (χ0v) is 11.9. The minimum atomic E-state index is 0.191. The van der Waals surface area contributed by atoms with Crippen molar-refractivity contribution in [3.63, 3.8) is 0 Å². The van der Waals surface area contributed by atoms with Crippen LogP contribution >= 0.6 is 0 Å². The van der Waals surface area contributed by atoms with Gasteiger partial charge in [0, 0.05) is 19.2 Å². The van der Waals surface area contributed by atoms with Crippen molar-refractivity contribution in [2.75, 3.05) is 39.4 Å².